The van der Waals surface area contributed by atoms with Gasteiger partial charge < -0.3 is 10.2 Å². The maximum atomic E-state index is 13.5. The van der Waals surface area contributed by atoms with E-state index < -0.39 is 18.0 Å². The van der Waals surface area contributed by atoms with E-state index in [4.69, 9.17) is 16.6 Å². The van der Waals surface area contributed by atoms with E-state index >= 15 is 0 Å². The molecule has 2 aromatic heterocycles. The van der Waals surface area contributed by atoms with E-state index in [0.717, 1.165) is 83.6 Å². The number of thiophene rings is 1. The summed E-state index contributed by atoms with van der Waals surface area (Å²) < 4.78 is 2.06. The Labute approximate surface area is 322 Å². The molecule has 4 aromatic rings. The molecule has 4 aliphatic rings. The summed E-state index contributed by atoms with van der Waals surface area (Å²) in [5, 5.41) is 16.1. The topological polar surface area (TPSA) is 145 Å². The second kappa shape index (κ2) is 14.8. The number of aromatic nitrogens is 3. The van der Waals surface area contributed by atoms with Crippen LogP contribution in [0.3, 0.4) is 0 Å². The molecule has 2 N–H and O–H groups in total. The van der Waals surface area contributed by atoms with Gasteiger partial charge in [0.05, 0.1) is 12.1 Å². The smallest absolute Gasteiger partial charge is 0.255 e. The molecule has 15 heteroatoms. The second-order valence-electron chi connectivity index (χ2n) is 14.5. The normalized spacial score (nSPS) is 20.3. The van der Waals surface area contributed by atoms with Gasteiger partial charge >= 0.3 is 0 Å². The van der Waals surface area contributed by atoms with Crippen molar-refractivity contribution in [2.24, 2.45) is 4.99 Å². The van der Waals surface area contributed by atoms with Crippen LogP contribution in [-0.4, -0.2) is 104 Å². The summed E-state index contributed by atoms with van der Waals surface area (Å²) in [6.07, 6.45) is 0.739. The summed E-state index contributed by atoms with van der Waals surface area (Å²) in [7, 11) is 0. The Kier molecular flexibility index (Phi) is 9.94. The summed E-state index contributed by atoms with van der Waals surface area (Å²) in [4.78, 5) is 63.3. The lowest BCUT2D eigenvalue weighted by molar-refractivity contribution is -0.137. The van der Waals surface area contributed by atoms with Gasteiger partial charge in [-0.3, -0.25) is 43.9 Å². The van der Waals surface area contributed by atoms with Gasteiger partial charge in [-0.25, -0.2) is 0 Å². The SMILES string of the molecule is Cc1sc2c(c1C)C(c1ccc(Cl)cc1)=N[C@@H](CC(=O)NCCN1CCN(Cc3ccc4c(c3)CN(C3CCC(=O)NC3=O)C4=O)CC1)c1nnc(C)n1-2. The summed E-state index contributed by atoms with van der Waals surface area (Å²) in [5.74, 6) is 0.485. The quantitative estimate of drug-likeness (QED) is 0.244. The Morgan fingerprint density at radius 1 is 1.00 bits per heavy atom. The largest absolute Gasteiger partial charge is 0.355 e. The molecule has 0 spiro atoms. The predicted molar refractivity (Wildman–Crippen MR) is 205 cm³/mol. The number of aliphatic imine (C=N–C) groups is 1. The van der Waals surface area contributed by atoms with Gasteiger partial charge in [0.1, 0.15) is 22.9 Å². The van der Waals surface area contributed by atoms with E-state index in [1.54, 1.807) is 16.2 Å². The second-order valence-corrected chi connectivity index (χ2v) is 16.1. The number of nitrogens with one attached hydrogen (secondary N) is 2. The van der Waals surface area contributed by atoms with Gasteiger partial charge in [-0.15, -0.1) is 21.5 Å². The van der Waals surface area contributed by atoms with Gasteiger partial charge in [0, 0.05) is 85.4 Å². The number of hydrogen-bond acceptors (Lipinski definition) is 10. The fourth-order valence-corrected chi connectivity index (χ4v) is 9.23. The number of halogens is 1. The van der Waals surface area contributed by atoms with Crippen LogP contribution in [0.1, 0.15) is 80.0 Å². The van der Waals surface area contributed by atoms with Crippen LogP contribution in [0.5, 0.6) is 0 Å². The molecule has 280 valence electrons. The molecule has 4 amide bonds. The van der Waals surface area contributed by atoms with Gasteiger partial charge in [-0.2, -0.15) is 0 Å². The molecule has 2 atom stereocenters. The lowest BCUT2D eigenvalue weighted by Crippen LogP contribution is -2.52. The molecule has 0 aliphatic carbocycles. The van der Waals surface area contributed by atoms with Crippen molar-refractivity contribution in [1.29, 1.82) is 0 Å². The monoisotopic (exact) mass is 767 g/mol. The minimum atomic E-state index is -0.614. The number of piperazine rings is 1. The van der Waals surface area contributed by atoms with Crippen molar-refractivity contribution in [2.75, 3.05) is 39.3 Å². The first-order chi connectivity index (χ1) is 26.0. The highest BCUT2D eigenvalue weighted by Gasteiger charge is 2.39. The molecule has 8 rings (SSSR count). The average molecular weight is 768 g/mol. The van der Waals surface area contributed by atoms with Crippen molar-refractivity contribution in [2.45, 2.75) is 65.2 Å². The first-order valence-corrected chi connectivity index (χ1v) is 19.6. The number of nitrogens with zero attached hydrogens (tertiary/aromatic N) is 7. The third-order valence-electron chi connectivity index (χ3n) is 10.9. The van der Waals surface area contributed by atoms with Crippen LogP contribution in [0, 0.1) is 20.8 Å². The van der Waals surface area contributed by atoms with Crippen LogP contribution >= 0.6 is 22.9 Å². The number of aryl methyl sites for hydroxylation is 2. The Balaban J connectivity index is 0.855. The molecule has 2 aromatic carbocycles. The maximum Gasteiger partial charge on any atom is 0.255 e. The lowest BCUT2D eigenvalue weighted by Gasteiger charge is -2.34. The van der Waals surface area contributed by atoms with E-state index in [1.165, 1.54) is 4.88 Å². The molecule has 0 saturated carbocycles. The number of imide groups is 1. The van der Waals surface area contributed by atoms with E-state index in [2.05, 4.69) is 55.1 Å². The van der Waals surface area contributed by atoms with E-state index in [-0.39, 0.29) is 30.6 Å². The summed E-state index contributed by atoms with van der Waals surface area (Å²) >= 11 is 7.93. The Morgan fingerprint density at radius 3 is 2.52 bits per heavy atom. The highest BCUT2D eigenvalue weighted by molar-refractivity contribution is 7.15. The Hall–Kier alpha value is -4.76. The molecule has 4 aliphatic heterocycles. The third kappa shape index (κ3) is 6.99. The number of benzene rings is 2. The number of carbonyl (C=O) groups is 4. The van der Waals surface area contributed by atoms with Gasteiger partial charge in [-0.05, 0) is 62.1 Å². The number of rotatable bonds is 9. The van der Waals surface area contributed by atoms with E-state index in [1.807, 2.05) is 43.3 Å². The number of fused-ring (bicyclic) bond motifs is 4. The van der Waals surface area contributed by atoms with Crippen LogP contribution in [0.15, 0.2) is 47.5 Å². The zero-order valence-electron chi connectivity index (χ0n) is 30.5. The number of carbonyl (C=O) groups excluding carboxylic acids is 4. The number of amides is 4. The van der Waals surface area contributed by atoms with Crippen molar-refractivity contribution in [1.82, 2.24) is 40.1 Å². The predicted octanol–water partition coefficient (Wildman–Crippen LogP) is 3.88. The minimum absolute atomic E-state index is 0.0885. The minimum Gasteiger partial charge on any atom is -0.355 e. The van der Waals surface area contributed by atoms with Crippen LogP contribution in [0.4, 0.5) is 0 Å². The molecular formula is C39H42ClN9O4S. The van der Waals surface area contributed by atoms with Crippen molar-refractivity contribution >= 4 is 52.3 Å². The zero-order chi connectivity index (χ0) is 37.7. The first-order valence-electron chi connectivity index (χ1n) is 18.4. The lowest BCUT2D eigenvalue weighted by atomic mass is 9.99. The standard InChI is InChI=1S/C39H42ClN9O4S/c1-22-23(2)54-39-34(22)35(26-5-7-28(40)8-6-26)42-30(36-45-44-24(3)49(36)39)19-33(51)41-12-13-46-14-16-47(17-15-46)20-25-4-9-29-27(18-25)21-48(38(29)53)31-10-11-32(50)43-37(31)52/h4-9,18,30-31H,10-17,19-21H2,1-3H3,(H,41,51)(H,43,50,52)/t30-,31?/m0/s1. The molecular weight excluding hydrogens is 726 g/mol. The zero-order valence-corrected chi connectivity index (χ0v) is 32.1. The third-order valence-corrected chi connectivity index (χ3v) is 12.4. The van der Waals surface area contributed by atoms with E-state index in [9.17, 15) is 19.2 Å². The number of piperidine rings is 1. The molecule has 2 saturated heterocycles. The Bertz CT molecular complexity index is 2190. The van der Waals surface area contributed by atoms with Gasteiger partial charge in [0.15, 0.2) is 5.82 Å². The molecule has 1 unspecified atom stereocenters. The molecule has 13 nitrogen and oxygen atoms in total. The number of hydrogen-bond donors (Lipinski definition) is 2. The fraction of sp³-hybridized carbons (Fsp3) is 0.410. The van der Waals surface area contributed by atoms with Crippen LogP contribution in [0.25, 0.3) is 5.00 Å². The molecule has 0 radical (unpaired) electrons. The molecule has 54 heavy (non-hydrogen) atoms. The first kappa shape index (κ1) is 36.2. The molecule has 2 fully saturated rings. The van der Waals surface area contributed by atoms with Crippen LogP contribution < -0.4 is 10.6 Å². The Morgan fingerprint density at radius 2 is 1.76 bits per heavy atom. The highest BCUT2D eigenvalue weighted by atomic mass is 35.5. The van der Waals surface area contributed by atoms with E-state index in [0.29, 0.717) is 35.9 Å². The molecule has 6 heterocycles. The summed E-state index contributed by atoms with van der Waals surface area (Å²) in [6, 6.07) is 12.5. The highest BCUT2D eigenvalue weighted by Crippen LogP contribution is 2.39. The summed E-state index contributed by atoms with van der Waals surface area (Å²) in [5.41, 5.74) is 6.62. The fourth-order valence-electron chi connectivity index (χ4n) is 7.89. The van der Waals surface area contributed by atoms with Crippen LogP contribution in [0.2, 0.25) is 5.02 Å². The van der Waals surface area contributed by atoms with Crippen molar-refractivity contribution in [3.05, 3.63) is 97.4 Å². The van der Waals surface area contributed by atoms with Crippen LogP contribution in [-0.2, 0) is 27.5 Å². The van der Waals surface area contributed by atoms with Crippen molar-refractivity contribution < 1.29 is 19.2 Å². The van der Waals surface area contributed by atoms with Crippen molar-refractivity contribution in [3.8, 4) is 5.00 Å². The average Bonchev–Trinajstić information content (AvgIpc) is 3.76. The summed E-state index contributed by atoms with van der Waals surface area (Å²) in [6.45, 7) is 12.1. The van der Waals surface area contributed by atoms with Gasteiger partial charge in [-0.1, -0.05) is 35.9 Å². The van der Waals surface area contributed by atoms with Gasteiger partial charge in [0.2, 0.25) is 17.7 Å². The molecule has 0 bridgehead atoms. The van der Waals surface area contributed by atoms with Crippen molar-refractivity contribution in [3.63, 3.8) is 0 Å². The maximum absolute atomic E-state index is 13.5. The van der Waals surface area contributed by atoms with Gasteiger partial charge in [0.25, 0.3) is 5.91 Å².